The van der Waals surface area contributed by atoms with E-state index in [4.69, 9.17) is 9.15 Å². The molecule has 1 aliphatic heterocycles. The van der Waals surface area contributed by atoms with Gasteiger partial charge in [-0.15, -0.1) is 0 Å². The summed E-state index contributed by atoms with van der Waals surface area (Å²) in [5, 5.41) is 5.72. The van der Waals surface area contributed by atoms with Crippen molar-refractivity contribution in [3.05, 3.63) is 83.3 Å². The molecule has 4 rings (SSSR count). The topological polar surface area (TPSA) is 83.8 Å². The number of carbonyl (C=O) groups excluding carboxylic acids is 2. The Kier molecular flexibility index (Phi) is 6.99. The normalized spacial score (nSPS) is 14.2. The summed E-state index contributed by atoms with van der Waals surface area (Å²) in [7, 11) is 0. The standard InChI is InChI=1S/C25H27N3O4/c1-18-4-7-20(17-22(18)27-25(30)23-3-2-14-32-23)24(29)26-21-8-5-19(6-9-21)10-11-28-12-15-31-16-13-28/h2-9,14,17H,10-13,15-16H2,1H3,(H,26,29)(H,27,30). The van der Waals surface area contributed by atoms with Crippen molar-refractivity contribution in [2.75, 3.05) is 43.5 Å². The number of hydrogen-bond acceptors (Lipinski definition) is 5. The molecule has 0 bridgehead atoms. The number of furan rings is 1. The molecule has 7 heteroatoms. The molecule has 1 aliphatic rings. The van der Waals surface area contributed by atoms with Gasteiger partial charge in [-0.05, 0) is 60.9 Å². The summed E-state index contributed by atoms with van der Waals surface area (Å²) < 4.78 is 10.5. The maximum absolute atomic E-state index is 12.7. The van der Waals surface area contributed by atoms with Gasteiger partial charge in [0.15, 0.2) is 5.76 Å². The first-order valence-electron chi connectivity index (χ1n) is 10.7. The van der Waals surface area contributed by atoms with Crippen molar-refractivity contribution in [2.24, 2.45) is 0 Å². The van der Waals surface area contributed by atoms with Crippen LogP contribution in [0.15, 0.2) is 65.3 Å². The smallest absolute Gasteiger partial charge is 0.291 e. The van der Waals surface area contributed by atoms with E-state index >= 15 is 0 Å². The number of morpholine rings is 1. The zero-order valence-electron chi connectivity index (χ0n) is 18.1. The maximum Gasteiger partial charge on any atom is 0.291 e. The molecular formula is C25H27N3O4. The molecule has 1 aromatic heterocycles. The van der Waals surface area contributed by atoms with Gasteiger partial charge in [0, 0.05) is 36.6 Å². The second kappa shape index (κ2) is 10.3. The average Bonchev–Trinajstić information content (AvgIpc) is 3.36. The zero-order chi connectivity index (χ0) is 22.3. The third-order valence-corrected chi connectivity index (χ3v) is 5.53. The van der Waals surface area contributed by atoms with Gasteiger partial charge in [0.2, 0.25) is 0 Å². The average molecular weight is 434 g/mol. The number of aryl methyl sites for hydroxylation is 1. The third-order valence-electron chi connectivity index (χ3n) is 5.53. The molecule has 0 saturated carbocycles. The van der Waals surface area contributed by atoms with E-state index in [0.717, 1.165) is 50.5 Å². The molecule has 2 aromatic carbocycles. The first kappa shape index (κ1) is 21.8. The number of anilines is 2. The Bertz CT molecular complexity index is 1060. The van der Waals surface area contributed by atoms with Crippen LogP contribution in [0.4, 0.5) is 11.4 Å². The number of ether oxygens (including phenoxy) is 1. The number of benzene rings is 2. The van der Waals surface area contributed by atoms with Gasteiger partial charge in [0.1, 0.15) is 0 Å². The minimum absolute atomic E-state index is 0.216. The lowest BCUT2D eigenvalue weighted by atomic mass is 10.1. The van der Waals surface area contributed by atoms with Gasteiger partial charge < -0.3 is 19.8 Å². The van der Waals surface area contributed by atoms with E-state index in [1.54, 1.807) is 30.3 Å². The number of nitrogens with zero attached hydrogens (tertiary/aromatic N) is 1. The van der Waals surface area contributed by atoms with Crippen molar-refractivity contribution in [3.8, 4) is 0 Å². The van der Waals surface area contributed by atoms with Crippen molar-refractivity contribution in [2.45, 2.75) is 13.3 Å². The fourth-order valence-corrected chi connectivity index (χ4v) is 3.56. The van der Waals surface area contributed by atoms with Gasteiger partial charge in [-0.2, -0.15) is 0 Å². The van der Waals surface area contributed by atoms with Crippen molar-refractivity contribution < 1.29 is 18.7 Å². The van der Waals surface area contributed by atoms with Crippen LogP contribution < -0.4 is 10.6 Å². The molecule has 3 aromatic rings. The fourth-order valence-electron chi connectivity index (χ4n) is 3.56. The number of carbonyl (C=O) groups is 2. The van der Waals surface area contributed by atoms with Crippen LogP contribution in [0.3, 0.4) is 0 Å². The Hall–Kier alpha value is -3.42. The van der Waals surface area contributed by atoms with Gasteiger partial charge in [-0.1, -0.05) is 18.2 Å². The summed E-state index contributed by atoms with van der Waals surface area (Å²) in [6.45, 7) is 6.44. The SMILES string of the molecule is Cc1ccc(C(=O)Nc2ccc(CCN3CCOCC3)cc2)cc1NC(=O)c1ccco1. The van der Waals surface area contributed by atoms with Crippen molar-refractivity contribution in [1.29, 1.82) is 0 Å². The molecule has 1 fully saturated rings. The summed E-state index contributed by atoms with van der Waals surface area (Å²) in [6, 6.07) is 16.4. The highest BCUT2D eigenvalue weighted by atomic mass is 16.5. The molecule has 32 heavy (non-hydrogen) atoms. The molecule has 0 atom stereocenters. The monoisotopic (exact) mass is 433 g/mol. The van der Waals surface area contributed by atoms with E-state index in [9.17, 15) is 9.59 Å². The Balaban J connectivity index is 1.35. The summed E-state index contributed by atoms with van der Waals surface area (Å²) in [5.41, 5.74) is 3.84. The van der Waals surface area contributed by atoms with Crippen LogP contribution in [-0.2, 0) is 11.2 Å². The largest absolute Gasteiger partial charge is 0.459 e. The molecule has 0 unspecified atom stereocenters. The molecule has 7 nitrogen and oxygen atoms in total. The first-order valence-corrected chi connectivity index (χ1v) is 10.7. The Morgan fingerprint density at radius 3 is 2.47 bits per heavy atom. The second-order valence-electron chi connectivity index (χ2n) is 7.82. The van der Waals surface area contributed by atoms with Crippen LogP contribution in [-0.4, -0.2) is 49.6 Å². The highest BCUT2D eigenvalue weighted by Crippen LogP contribution is 2.20. The molecule has 2 heterocycles. The number of nitrogens with one attached hydrogen (secondary N) is 2. The van der Waals surface area contributed by atoms with Crippen LogP contribution in [0, 0.1) is 6.92 Å². The number of hydrogen-bond donors (Lipinski definition) is 2. The van der Waals surface area contributed by atoms with Gasteiger partial charge in [0.25, 0.3) is 11.8 Å². The van der Waals surface area contributed by atoms with Crippen molar-refractivity contribution in [3.63, 3.8) is 0 Å². The quantitative estimate of drug-likeness (QED) is 0.589. The van der Waals surface area contributed by atoms with Crippen molar-refractivity contribution >= 4 is 23.2 Å². The minimum Gasteiger partial charge on any atom is -0.459 e. The van der Waals surface area contributed by atoms with Crippen LogP contribution in [0.5, 0.6) is 0 Å². The molecule has 166 valence electrons. The van der Waals surface area contributed by atoms with Crippen LogP contribution in [0.2, 0.25) is 0 Å². The molecule has 0 aliphatic carbocycles. The molecule has 1 saturated heterocycles. The number of amides is 2. The molecule has 2 amide bonds. The van der Waals surface area contributed by atoms with E-state index in [0.29, 0.717) is 11.3 Å². The van der Waals surface area contributed by atoms with Gasteiger partial charge in [-0.25, -0.2) is 0 Å². The molecular weight excluding hydrogens is 406 g/mol. The number of rotatable bonds is 7. The first-order chi connectivity index (χ1) is 15.6. The Morgan fingerprint density at radius 1 is 0.969 bits per heavy atom. The van der Waals surface area contributed by atoms with Gasteiger partial charge in [-0.3, -0.25) is 14.5 Å². The third kappa shape index (κ3) is 5.63. The summed E-state index contributed by atoms with van der Waals surface area (Å²) >= 11 is 0. The summed E-state index contributed by atoms with van der Waals surface area (Å²) in [5.74, 6) is -0.379. The zero-order valence-corrected chi connectivity index (χ0v) is 18.1. The Labute approximate surface area is 187 Å². The van der Waals surface area contributed by atoms with Gasteiger partial charge >= 0.3 is 0 Å². The fraction of sp³-hybridized carbons (Fsp3) is 0.280. The van der Waals surface area contributed by atoms with Crippen molar-refractivity contribution in [1.82, 2.24) is 4.90 Å². The Morgan fingerprint density at radius 2 is 1.75 bits per heavy atom. The highest BCUT2D eigenvalue weighted by molar-refractivity contribution is 6.07. The lowest BCUT2D eigenvalue weighted by Crippen LogP contribution is -2.37. The van der Waals surface area contributed by atoms with E-state index < -0.39 is 0 Å². The van der Waals surface area contributed by atoms with Gasteiger partial charge in [0.05, 0.1) is 19.5 Å². The lowest BCUT2D eigenvalue weighted by Gasteiger charge is -2.26. The molecule has 0 spiro atoms. The van der Waals surface area contributed by atoms with E-state index in [2.05, 4.69) is 15.5 Å². The van der Waals surface area contributed by atoms with E-state index in [1.807, 2.05) is 31.2 Å². The van der Waals surface area contributed by atoms with E-state index in [1.165, 1.54) is 11.8 Å². The van der Waals surface area contributed by atoms with Crippen LogP contribution in [0.25, 0.3) is 0 Å². The maximum atomic E-state index is 12.7. The summed E-state index contributed by atoms with van der Waals surface area (Å²) in [6.07, 6.45) is 2.41. The van der Waals surface area contributed by atoms with Crippen LogP contribution in [0.1, 0.15) is 32.0 Å². The highest BCUT2D eigenvalue weighted by Gasteiger charge is 2.14. The predicted octanol–water partition coefficient (Wildman–Crippen LogP) is 3.97. The lowest BCUT2D eigenvalue weighted by molar-refractivity contribution is 0.0384. The predicted molar refractivity (Wildman–Crippen MR) is 123 cm³/mol. The van der Waals surface area contributed by atoms with Crippen LogP contribution >= 0.6 is 0 Å². The molecule has 0 radical (unpaired) electrons. The summed E-state index contributed by atoms with van der Waals surface area (Å²) in [4.78, 5) is 27.4. The minimum atomic E-state index is -0.358. The van der Waals surface area contributed by atoms with E-state index in [-0.39, 0.29) is 17.6 Å². The second-order valence-corrected chi connectivity index (χ2v) is 7.82. The molecule has 2 N–H and O–H groups in total.